The Bertz CT molecular complexity index is 856. The molecular formula is C20H19LiO2. The van der Waals surface area contributed by atoms with E-state index in [-0.39, 0.29) is 6.79 Å². The molecule has 0 aliphatic heterocycles. The van der Waals surface area contributed by atoms with E-state index in [0.29, 0.717) is 0 Å². The van der Waals surface area contributed by atoms with Crippen LogP contribution >= 0.6 is 0 Å². The SMILES string of the molecule is [Li][c]1cc(C)cc(-c2c(C)ccc3ccccc23)c1OCOC. The number of fused-ring (bicyclic) bond motifs is 1. The van der Waals surface area contributed by atoms with Gasteiger partial charge in [0.15, 0.2) is 0 Å². The van der Waals surface area contributed by atoms with Crippen LogP contribution in [-0.4, -0.2) is 31.6 Å². The average Bonchev–Trinajstić information content (AvgIpc) is 2.53. The van der Waals surface area contributed by atoms with Crippen LogP contribution in [0.2, 0.25) is 0 Å². The Morgan fingerprint density at radius 2 is 1.78 bits per heavy atom. The molecule has 0 saturated carbocycles. The van der Waals surface area contributed by atoms with Crippen LogP contribution in [0.3, 0.4) is 0 Å². The standard InChI is InChI=1S/C20H19O2.Li/c1-14-8-11-19(22-13-21-3)18(12-14)20-15(2)9-10-16-6-4-5-7-17(16)20;/h4-10,12H,13H2,1-3H3;. The molecule has 0 aliphatic rings. The van der Waals surface area contributed by atoms with E-state index in [4.69, 9.17) is 9.47 Å². The Morgan fingerprint density at radius 3 is 2.57 bits per heavy atom. The number of methoxy groups -OCH3 is 1. The summed E-state index contributed by atoms with van der Waals surface area (Å²) < 4.78 is 12.2. The van der Waals surface area contributed by atoms with Gasteiger partial charge in [0.1, 0.15) is 0 Å². The van der Waals surface area contributed by atoms with E-state index >= 15 is 0 Å². The second-order valence-electron chi connectivity index (χ2n) is 5.99. The van der Waals surface area contributed by atoms with Crippen LogP contribution in [0.5, 0.6) is 5.75 Å². The monoisotopic (exact) mass is 298 g/mol. The van der Waals surface area contributed by atoms with E-state index in [9.17, 15) is 0 Å². The van der Waals surface area contributed by atoms with Gasteiger partial charge in [0.25, 0.3) is 0 Å². The molecule has 0 atom stereocenters. The Labute approximate surface area is 146 Å². The fraction of sp³-hybridized carbons (Fsp3) is 0.200. The predicted molar refractivity (Wildman–Crippen MR) is 96.8 cm³/mol. The minimum absolute atomic E-state index is 0.251. The zero-order valence-corrected chi connectivity index (χ0v) is 14.1. The molecule has 0 heterocycles. The van der Waals surface area contributed by atoms with Gasteiger partial charge in [-0.25, -0.2) is 0 Å². The third-order valence-corrected chi connectivity index (χ3v) is 4.15. The van der Waals surface area contributed by atoms with Crippen LogP contribution < -0.4 is 8.97 Å². The Balaban J connectivity index is 2.32. The summed E-state index contributed by atoms with van der Waals surface area (Å²) in [5.74, 6) is 0.900. The fourth-order valence-corrected chi connectivity index (χ4v) is 3.19. The van der Waals surface area contributed by atoms with E-state index in [1.807, 2.05) is 0 Å². The van der Waals surface area contributed by atoms with Crippen molar-refractivity contribution < 1.29 is 9.47 Å². The van der Waals surface area contributed by atoms with Crippen molar-refractivity contribution in [1.29, 1.82) is 0 Å². The molecule has 0 amide bonds. The van der Waals surface area contributed by atoms with Crippen molar-refractivity contribution in [2.24, 2.45) is 0 Å². The van der Waals surface area contributed by atoms with Crippen molar-refractivity contribution in [3.05, 3.63) is 59.7 Å². The van der Waals surface area contributed by atoms with Crippen molar-refractivity contribution >= 4 is 32.7 Å². The van der Waals surface area contributed by atoms with E-state index in [1.165, 1.54) is 27.5 Å². The number of hydrogen-bond acceptors (Lipinski definition) is 2. The van der Waals surface area contributed by atoms with Crippen LogP contribution in [0.25, 0.3) is 21.9 Å². The summed E-state index contributed by atoms with van der Waals surface area (Å²) in [6, 6.07) is 17.2. The Morgan fingerprint density at radius 1 is 1.00 bits per heavy atom. The molecule has 0 bridgehead atoms. The van der Waals surface area contributed by atoms with Gasteiger partial charge in [-0.15, -0.1) is 0 Å². The molecule has 3 aromatic rings. The first-order valence-electron chi connectivity index (χ1n) is 7.83. The summed E-state index contributed by atoms with van der Waals surface area (Å²) >= 11 is 2.09. The molecule has 112 valence electrons. The van der Waals surface area contributed by atoms with E-state index < -0.39 is 0 Å². The molecule has 0 radical (unpaired) electrons. The molecule has 23 heavy (non-hydrogen) atoms. The summed E-state index contributed by atoms with van der Waals surface area (Å²) in [4.78, 5) is 0. The van der Waals surface area contributed by atoms with Crippen LogP contribution in [0.4, 0.5) is 0 Å². The van der Waals surface area contributed by atoms with Gasteiger partial charge in [-0.3, -0.25) is 0 Å². The Hall–Kier alpha value is -1.72. The summed E-state index contributed by atoms with van der Waals surface area (Å²) in [7, 11) is 1.65. The van der Waals surface area contributed by atoms with Gasteiger partial charge < -0.3 is 0 Å². The predicted octanol–water partition coefficient (Wildman–Crippen LogP) is 3.90. The van der Waals surface area contributed by atoms with Crippen molar-refractivity contribution in [3.63, 3.8) is 0 Å². The molecule has 0 aromatic heterocycles. The van der Waals surface area contributed by atoms with Gasteiger partial charge in [0.2, 0.25) is 0 Å². The van der Waals surface area contributed by atoms with Crippen LogP contribution in [0.1, 0.15) is 11.1 Å². The number of ether oxygens (including phenoxy) is 2. The molecule has 0 spiro atoms. The van der Waals surface area contributed by atoms with Crippen molar-refractivity contribution in [2.45, 2.75) is 13.8 Å². The Kier molecular flexibility index (Phi) is 4.78. The second-order valence-corrected chi connectivity index (χ2v) is 5.99. The first-order chi connectivity index (χ1) is 11.1. The van der Waals surface area contributed by atoms with Gasteiger partial charge in [-0.1, -0.05) is 0 Å². The normalized spacial score (nSPS) is 11.0. The van der Waals surface area contributed by atoms with Crippen LogP contribution in [-0.2, 0) is 4.74 Å². The molecular weight excluding hydrogens is 279 g/mol. The maximum atomic E-state index is 5.91. The van der Waals surface area contributed by atoms with E-state index in [1.54, 1.807) is 7.11 Å². The van der Waals surface area contributed by atoms with Gasteiger partial charge in [-0.2, -0.15) is 0 Å². The summed E-state index contributed by atoms with van der Waals surface area (Å²) in [6.45, 7) is 4.53. The summed E-state index contributed by atoms with van der Waals surface area (Å²) in [5.41, 5.74) is 4.85. The first-order valence-corrected chi connectivity index (χ1v) is 7.83. The summed E-state index contributed by atoms with van der Waals surface area (Å²) in [5, 5.41) is 2.49. The number of benzene rings is 3. The van der Waals surface area contributed by atoms with Gasteiger partial charge in [0, 0.05) is 0 Å². The third kappa shape index (κ3) is 3.16. The maximum absolute atomic E-state index is 5.91. The van der Waals surface area contributed by atoms with Crippen molar-refractivity contribution in [3.8, 4) is 16.9 Å². The first kappa shape index (κ1) is 16.1. The topological polar surface area (TPSA) is 18.5 Å². The zero-order chi connectivity index (χ0) is 16.4. The second kappa shape index (κ2) is 6.80. The van der Waals surface area contributed by atoms with Crippen LogP contribution in [0.15, 0.2) is 48.5 Å². The molecule has 0 aliphatic carbocycles. The minimum atomic E-state index is 0.251. The van der Waals surface area contributed by atoms with Gasteiger partial charge in [0.05, 0.1) is 0 Å². The number of aryl methyl sites for hydroxylation is 2. The van der Waals surface area contributed by atoms with E-state index in [0.717, 1.165) is 15.5 Å². The van der Waals surface area contributed by atoms with Gasteiger partial charge >= 0.3 is 146 Å². The molecule has 0 fully saturated rings. The quantitative estimate of drug-likeness (QED) is 0.537. The molecule has 0 N–H and O–H groups in total. The number of hydrogen-bond donors (Lipinski definition) is 0. The average molecular weight is 298 g/mol. The molecule has 0 saturated heterocycles. The molecule has 3 aromatic carbocycles. The zero-order valence-electron chi connectivity index (χ0n) is 14.1. The van der Waals surface area contributed by atoms with E-state index in [2.05, 4.69) is 80.1 Å². The van der Waals surface area contributed by atoms with Gasteiger partial charge in [-0.05, 0) is 0 Å². The van der Waals surface area contributed by atoms with Crippen molar-refractivity contribution in [1.82, 2.24) is 0 Å². The molecule has 0 unspecified atom stereocenters. The summed E-state index contributed by atoms with van der Waals surface area (Å²) in [6.07, 6.45) is 0. The molecule has 2 nitrogen and oxygen atoms in total. The van der Waals surface area contributed by atoms with Crippen LogP contribution in [0, 0.1) is 13.8 Å². The fourth-order valence-electron chi connectivity index (χ4n) is 3.19. The number of rotatable bonds is 4. The molecule has 3 heteroatoms. The third-order valence-electron chi connectivity index (χ3n) is 4.15. The van der Waals surface area contributed by atoms with Crippen molar-refractivity contribution in [2.75, 3.05) is 13.9 Å². The molecule has 3 rings (SSSR count).